The second-order valence-electron chi connectivity index (χ2n) is 10.6. The average molecular weight is 598 g/mol. The van der Waals surface area contributed by atoms with Gasteiger partial charge in [0.1, 0.15) is 11.7 Å². The first kappa shape index (κ1) is 27.6. The Morgan fingerprint density at radius 2 is 1.64 bits per heavy atom. The standard InChI is InChI=1S/C32H22N2O4S.C4H5N/c35-29-16-22(15-21-11-5-9-19-7-1-3-12-23(19)21)30(31-34(29)27(18-39-31)32(36)37)28-17-26(33-38-28)25-14-6-10-20-8-2-4-13-24(20)25;1-2-4-5-3-1/h1-14,16-17,27H,15,18H2,(H,36,37);1,3-4H,2H2. The number of thioether (sulfide) groups is 1. The van der Waals surface area contributed by atoms with Crippen molar-refractivity contribution in [1.82, 2.24) is 9.72 Å². The van der Waals surface area contributed by atoms with Crippen LogP contribution < -0.4 is 5.56 Å². The molecule has 4 aromatic carbocycles. The molecule has 0 aliphatic carbocycles. The Hall–Kier alpha value is -5.21. The Labute approximate surface area is 257 Å². The highest BCUT2D eigenvalue weighted by Crippen LogP contribution is 2.43. The van der Waals surface area contributed by atoms with Crippen LogP contribution in [0.5, 0.6) is 0 Å². The number of aromatic nitrogens is 2. The molecule has 0 amide bonds. The number of benzene rings is 4. The van der Waals surface area contributed by atoms with Gasteiger partial charge in [0.2, 0.25) is 0 Å². The third-order valence-electron chi connectivity index (χ3n) is 7.88. The van der Waals surface area contributed by atoms with Crippen LogP contribution in [0.2, 0.25) is 0 Å². The zero-order valence-electron chi connectivity index (χ0n) is 23.6. The number of allylic oxidation sites excluding steroid dienone is 1. The van der Waals surface area contributed by atoms with Crippen molar-refractivity contribution in [3.05, 3.63) is 131 Å². The number of fused-ring (bicyclic) bond motifs is 3. The van der Waals surface area contributed by atoms with Crippen LogP contribution >= 0.6 is 11.8 Å². The number of carboxylic acids is 1. The number of aliphatic carboxylic acids is 1. The molecule has 2 aliphatic heterocycles. The van der Waals surface area contributed by atoms with E-state index in [2.05, 4.69) is 52.6 Å². The minimum absolute atomic E-state index is 0.277. The Kier molecular flexibility index (Phi) is 7.42. The van der Waals surface area contributed by atoms with E-state index in [-0.39, 0.29) is 11.3 Å². The first-order valence-corrected chi connectivity index (χ1v) is 15.3. The second-order valence-corrected chi connectivity index (χ2v) is 11.6. The summed E-state index contributed by atoms with van der Waals surface area (Å²) < 4.78 is 7.34. The summed E-state index contributed by atoms with van der Waals surface area (Å²) in [6.07, 6.45) is 7.21. The summed E-state index contributed by atoms with van der Waals surface area (Å²) in [5.74, 6) is -0.236. The third-order valence-corrected chi connectivity index (χ3v) is 9.04. The van der Waals surface area contributed by atoms with Crippen molar-refractivity contribution in [1.29, 1.82) is 0 Å². The third kappa shape index (κ3) is 5.14. The maximum Gasteiger partial charge on any atom is 0.327 e. The largest absolute Gasteiger partial charge is 0.480 e. The molecule has 44 heavy (non-hydrogen) atoms. The Morgan fingerprint density at radius 3 is 2.36 bits per heavy atom. The maximum absolute atomic E-state index is 13.3. The van der Waals surface area contributed by atoms with Gasteiger partial charge < -0.3 is 9.63 Å². The summed E-state index contributed by atoms with van der Waals surface area (Å²) in [6, 6.07) is 31.0. The fourth-order valence-corrected chi connectivity index (χ4v) is 7.17. The van der Waals surface area contributed by atoms with Gasteiger partial charge in [0.05, 0.1) is 10.6 Å². The molecule has 8 rings (SSSR count). The Balaban J connectivity index is 0.000000571. The Bertz CT molecular complexity index is 2140. The minimum atomic E-state index is -1.02. The number of rotatable bonds is 5. The monoisotopic (exact) mass is 597 g/mol. The van der Waals surface area contributed by atoms with E-state index in [1.54, 1.807) is 12.3 Å². The lowest BCUT2D eigenvalue weighted by molar-refractivity contribution is -0.140. The fourth-order valence-electron chi connectivity index (χ4n) is 5.83. The highest BCUT2D eigenvalue weighted by molar-refractivity contribution is 7.99. The molecule has 0 saturated carbocycles. The lowest BCUT2D eigenvalue weighted by atomic mass is 9.95. The van der Waals surface area contributed by atoms with Crippen LogP contribution in [0.3, 0.4) is 0 Å². The van der Waals surface area contributed by atoms with Crippen LogP contribution in [0.4, 0.5) is 0 Å². The summed E-state index contributed by atoms with van der Waals surface area (Å²) in [6.45, 7) is 0. The lowest BCUT2D eigenvalue weighted by Gasteiger charge is -2.15. The number of carbonyl (C=O) groups is 1. The van der Waals surface area contributed by atoms with E-state index in [0.717, 1.165) is 50.2 Å². The first-order valence-electron chi connectivity index (χ1n) is 14.3. The smallest absolute Gasteiger partial charge is 0.327 e. The van der Waals surface area contributed by atoms with Crippen LogP contribution in [0.25, 0.3) is 44.1 Å². The number of aliphatic imine (C=N–C) groups is 1. The van der Waals surface area contributed by atoms with Crippen molar-refractivity contribution >= 4 is 45.5 Å². The average Bonchev–Trinajstić information content (AvgIpc) is 3.85. The van der Waals surface area contributed by atoms with Crippen molar-refractivity contribution in [2.24, 2.45) is 4.99 Å². The number of pyridine rings is 1. The molecule has 216 valence electrons. The normalized spacial score (nSPS) is 15.0. The molecule has 0 radical (unpaired) electrons. The SMILES string of the molecule is C1=CN=CC1.O=C(O)C1CSc2c(-c3cc(-c4cccc5ccccc45)no3)c(Cc3cccc4ccccc34)cc(=O)n21. The van der Waals surface area contributed by atoms with Crippen molar-refractivity contribution in [2.45, 2.75) is 23.9 Å². The van der Waals surface area contributed by atoms with Crippen LogP contribution in [-0.4, -0.2) is 32.8 Å². The van der Waals surface area contributed by atoms with Crippen LogP contribution in [0.1, 0.15) is 23.6 Å². The molecule has 0 fully saturated rings. The van der Waals surface area contributed by atoms with Gasteiger partial charge in [0.15, 0.2) is 5.76 Å². The lowest BCUT2D eigenvalue weighted by Crippen LogP contribution is -2.29. The molecule has 1 N–H and O–H groups in total. The van der Waals surface area contributed by atoms with E-state index in [1.165, 1.54) is 16.3 Å². The number of hydrogen-bond acceptors (Lipinski definition) is 6. The molecule has 1 atom stereocenters. The summed E-state index contributed by atoms with van der Waals surface area (Å²) in [7, 11) is 0. The molecule has 7 nitrogen and oxygen atoms in total. The minimum Gasteiger partial charge on any atom is -0.480 e. The van der Waals surface area contributed by atoms with Crippen LogP contribution in [0, 0.1) is 0 Å². The molecular formula is C36H27N3O4S. The van der Waals surface area contributed by atoms with Crippen molar-refractivity contribution in [3.63, 3.8) is 0 Å². The molecule has 2 aromatic heterocycles. The molecule has 4 heterocycles. The summed E-state index contributed by atoms with van der Waals surface area (Å²) >= 11 is 1.37. The maximum atomic E-state index is 13.3. The quantitative estimate of drug-likeness (QED) is 0.218. The Morgan fingerprint density at radius 1 is 0.909 bits per heavy atom. The topological polar surface area (TPSA) is 97.7 Å². The molecule has 6 aromatic rings. The molecule has 0 spiro atoms. The highest BCUT2D eigenvalue weighted by Gasteiger charge is 2.34. The summed E-state index contributed by atoms with van der Waals surface area (Å²) in [5.41, 5.74) is 3.87. The zero-order valence-corrected chi connectivity index (χ0v) is 24.4. The van der Waals surface area contributed by atoms with E-state index >= 15 is 0 Å². The van der Waals surface area contributed by atoms with Gasteiger partial charge in [-0.3, -0.25) is 14.4 Å². The van der Waals surface area contributed by atoms with E-state index in [1.807, 2.05) is 60.8 Å². The van der Waals surface area contributed by atoms with Crippen LogP contribution in [-0.2, 0) is 11.2 Å². The second kappa shape index (κ2) is 11.8. The molecule has 0 bridgehead atoms. The van der Waals surface area contributed by atoms with Crippen molar-refractivity contribution in [2.75, 3.05) is 5.75 Å². The zero-order chi connectivity index (χ0) is 30.0. The van der Waals surface area contributed by atoms with E-state index in [9.17, 15) is 14.7 Å². The van der Waals surface area contributed by atoms with Crippen molar-refractivity contribution in [3.8, 4) is 22.6 Å². The van der Waals surface area contributed by atoms with E-state index in [4.69, 9.17) is 4.52 Å². The van der Waals surface area contributed by atoms with Gasteiger partial charge in [-0.25, -0.2) is 4.79 Å². The molecule has 8 heteroatoms. The van der Waals surface area contributed by atoms with Gasteiger partial charge in [-0.2, -0.15) is 0 Å². The van der Waals surface area contributed by atoms with Gasteiger partial charge in [-0.15, -0.1) is 11.8 Å². The molecule has 1 unspecified atom stereocenters. The van der Waals surface area contributed by atoms with Crippen molar-refractivity contribution < 1.29 is 14.4 Å². The highest BCUT2D eigenvalue weighted by atomic mass is 32.2. The summed E-state index contributed by atoms with van der Waals surface area (Å²) in [5, 5.41) is 19.2. The fraction of sp³-hybridized carbons (Fsp3) is 0.111. The van der Waals surface area contributed by atoms with E-state index < -0.39 is 12.0 Å². The van der Waals surface area contributed by atoms with E-state index in [0.29, 0.717) is 22.9 Å². The predicted molar refractivity (Wildman–Crippen MR) is 176 cm³/mol. The number of hydrogen-bond donors (Lipinski definition) is 1. The number of carboxylic acid groups (broad SMARTS) is 1. The predicted octanol–water partition coefficient (Wildman–Crippen LogP) is 7.77. The van der Waals surface area contributed by atoms with Gasteiger partial charge >= 0.3 is 5.97 Å². The molecule has 0 saturated heterocycles. The van der Waals surface area contributed by atoms with Gasteiger partial charge in [-0.1, -0.05) is 96.2 Å². The van der Waals surface area contributed by atoms with Gasteiger partial charge in [0.25, 0.3) is 5.56 Å². The first-order chi connectivity index (χ1) is 21.6. The molecular weight excluding hydrogens is 570 g/mol. The van der Waals surface area contributed by atoms with Gasteiger partial charge in [0, 0.05) is 42.3 Å². The number of nitrogens with zero attached hydrogens (tertiary/aromatic N) is 3. The van der Waals surface area contributed by atoms with Gasteiger partial charge in [-0.05, 0) is 39.1 Å². The van der Waals surface area contributed by atoms with Crippen LogP contribution in [0.15, 0.2) is 129 Å². The molecule has 2 aliphatic rings. The summed E-state index contributed by atoms with van der Waals surface area (Å²) in [4.78, 5) is 29.1.